The Morgan fingerprint density at radius 1 is 1.38 bits per heavy atom. The Hall–Kier alpha value is -0.710. The Balaban J connectivity index is 2.03. The summed E-state index contributed by atoms with van der Waals surface area (Å²) in [4.78, 5) is 0. The van der Waals surface area contributed by atoms with E-state index < -0.39 is 5.92 Å². The number of alkyl halides is 3. The number of hydrogen-bond donors (Lipinski definition) is 0. The molecular weight excluding hydrogens is 238 g/mol. The number of hydrogen-bond acceptors (Lipinski definition) is 3. The third-order valence-electron chi connectivity index (χ3n) is 2.86. The molecule has 0 spiro atoms. The minimum Gasteiger partial charge on any atom is -0.423 e. The van der Waals surface area contributed by atoms with Gasteiger partial charge in [0.2, 0.25) is 17.7 Å². The summed E-state index contributed by atoms with van der Waals surface area (Å²) in [6, 6.07) is 0. The standard InChI is InChI=1S/C10H13ClF2N2O/c1-6(11)8-14-15-9(16-8)7-2-4-10(12,13)5-3-7/h6-7H,2-5H2,1H3. The van der Waals surface area contributed by atoms with Crippen LogP contribution in [0.5, 0.6) is 0 Å². The summed E-state index contributed by atoms with van der Waals surface area (Å²) in [6.07, 6.45) is 0.578. The van der Waals surface area contributed by atoms with Gasteiger partial charge in [-0.2, -0.15) is 0 Å². The van der Waals surface area contributed by atoms with Crippen molar-refractivity contribution in [2.45, 2.75) is 49.8 Å². The lowest BCUT2D eigenvalue weighted by molar-refractivity contribution is -0.0399. The van der Waals surface area contributed by atoms with Crippen molar-refractivity contribution < 1.29 is 13.2 Å². The molecule has 0 aromatic carbocycles. The van der Waals surface area contributed by atoms with Crippen molar-refractivity contribution in [3.8, 4) is 0 Å². The lowest BCUT2D eigenvalue weighted by Gasteiger charge is -2.25. The Morgan fingerprint density at radius 2 is 2.00 bits per heavy atom. The summed E-state index contributed by atoms with van der Waals surface area (Å²) in [5.41, 5.74) is 0. The van der Waals surface area contributed by atoms with Crippen molar-refractivity contribution in [2.75, 3.05) is 0 Å². The van der Waals surface area contributed by atoms with Crippen LogP contribution in [0.2, 0.25) is 0 Å². The van der Waals surface area contributed by atoms with Crippen LogP contribution >= 0.6 is 11.6 Å². The fourth-order valence-corrected chi connectivity index (χ4v) is 1.95. The lowest BCUT2D eigenvalue weighted by atomic mass is 9.87. The second-order valence-corrected chi connectivity index (χ2v) is 4.88. The second kappa shape index (κ2) is 4.28. The van der Waals surface area contributed by atoms with Crippen molar-refractivity contribution in [1.82, 2.24) is 10.2 Å². The van der Waals surface area contributed by atoms with Crippen molar-refractivity contribution in [2.24, 2.45) is 0 Å². The molecule has 1 heterocycles. The maximum absolute atomic E-state index is 12.9. The summed E-state index contributed by atoms with van der Waals surface area (Å²) >= 11 is 5.78. The fraction of sp³-hybridized carbons (Fsp3) is 0.800. The zero-order valence-electron chi connectivity index (χ0n) is 8.92. The summed E-state index contributed by atoms with van der Waals surface area (Å²) in [5.74, 6) is -1.78. The molecule has 0 N–H and O–H groups in total. The predicted molar refractivity (Wildman–Crippen MR) is 54.7 cm³/mol. The summed E-state index contributed by atoms with van der Waals surface area (Å²) in [5, 5.41) is 7.31. The summed E-state index contributed by atoms with van der Waals surface area (Å²) < 4.78 is 31.2. The van der Waals surface area contributed by atoms with Gasteiger partial charge in [0.15, 0.2) is 0 Å². The Bertz CT molecular complexity index is 357. The van der Waals surface area contributed by atoms with Crippen LogP contribution in [-0.2, 0) is 0 Å². The minimum absolute atomic E-state index is 0.0451. The van der Waals surface area contributed by atoms with Crippen LogP contribution in [0.3, 0.4) is 0 Å². The van der Waals surface area contributed by atoms with Gasteiger partial charge in [-0.05, 0) is 19.8 Å². The average molecular weight is 251 g/mol. The zero-order chi connectivity index (χ0) is 11.8. The first-order valence-electron chi connectivity index (χ1n) is 5.33. The first-order valence-corrected chi connectivity index (χ1v) is 5.77. The molecule has 16 heavy (non-hydrogen) atoms. The van der Waals surface area contributed by atoms with Gasteiger partial charge in [-0.3, -0.25) is 0 Å². The molecule has 3 nitrogen and oxygen atoms in total. The monoisotopic (exact) mass is 250 g/mol. The molecule has 90 valence electrons. The molecule has 0 amide bonds. The van der Waals surface area contributed by atoms with E-state index in [4.69, 9.17) is 16.0 Å². The van der Waals surface area contributed by atoms with E-state index in [1.54, 1.807) is 6.92 Å². The third kappa shape index (κ3) is 2.51. The van der Waals surface area contributed by atoms with Gasteiger partial charge in [-0.15, -0.1) is 21.8 Å². The highest BCUT2D eigenvalue weighted by Crippen LogP contribution is 2.40. The molecule has 1 aromatic heterocycles. The molecule has 0 bridgehead atoms. The van der Waals surface area contributed by atoms with Gasteiger partial charge in [0.05, 0.1) is 0 Å². The summed E-state index contributed by atoms with van der Waals surface area (Å²) in [6.45, 7) is 1.73. The van der Waals surface area contributed by atoms with Crippen LogP contribution in [0.15, 0.2) is 4.42 Å². The smallest absolute Gasteiger partial charge is 0.248 e. The van der Waals surface area contributed by atoms with Gasteiger partial charge in [-0.25, -0.2) is 8.78 Å². The Morgan fingerprint density at radius 3 is 2.50 bits per heavy atom. The highest BCUT2D eigenvalue weighted by Gasteiger charge is 2.37. The van der Waals surface area contributed by atoms with Crippen molar-refractivity contribution in [3.63, 3.8) is 0 Å². The molecule has 6 heteroatoms. The normalized spacial score (nSPS) is 23.2. The zero-order valence-corrected chi connectivity index (χ0v) is 9.68. The molecule has 0 aliphatic heterocycles. The van der Waals surface area contributed by atoms with Crippen LogP contribution in [-0.4, -0.2) is 16.1 Å². The molecule has 1 atom stereocenters. The minimum atomic E-state index is -2.53. The maximum Gasteiger partial charge on any atom is 0.248 e. The third-order valence-corrected chi connectivity index (χ3v) is 3.05. The molecule has 0 saturated heterocycles. The molecule has 1 aliphatic carbocycles. The average Bonchev–Trinajstić information content (AvgIpc) is 2.66. The molecule has 1 aliphatic rings. The molecule has 2 rings (SSSR count). The molecule has 1 unspecified atom stereocenters. The van der Waals surface area contributed by atoms with Gasteiger partial charge in [0.1, 0.15) is 5.38 Å². The number of halogens is 3. The topological polar surface area (TPSA) is 38.9 Å². The Labute approximate surface area is 97.2 Å². The highest BCUT2D eigenvalue weighted by molar-refractivity contribution is 6.20. The summed E-state index contributed by atoms with van der Waals surface area (Å²) in [7, 11) is 0. The van der Waals surface area contributed by atoms with Gasteiger partial charge >= 0.3 is 0 Å². The number of nitrogens with zero attached hydrogens (tertiary/aromatic N) is 2. The van der Waals surface area contributed by atoms with Gasteiger partial charge in [0.25, 0.3) is 0 Å². The lowest BCUT2D eigenvalue weighted by Crippen LogP contribution is -2.23. The number of rotatable bonds is 2. The molecular formula is C10H13ClF2N2O. The van der Waals surface area contributed by atoms with Crippen molar-refractivity contribution in [1.29, 1.82) is 0 Å². The van der Waals surface area contributed by atoms with Crippen molar-refractivity contribution in [3.05, 3.63) is 11.8 Å². The predicted octanol–water partition coefficient (Wildman–Crippen LogP) is 3.66. The second-order valence-electron chi connectivity index (χ2n) is 4.22. The van der Waals surface area contributed by atoms with E-state index >= 15 is 0 Å². The van der Waals surface area contributed by atoms with E-state index in [-0.39, 0.29) is 24.1 Å². The van der Waals surface area contributed by atoms with Crippen LogP contribution in [0.1, 0.15) is 55.7 Å². The van der Waals surface area contributed by atoms with E-state index in [1.165, 1.54) is 0 Å². The molecule has 1 fully saturated rings. The van der Waals surface area contributed by atoms with Crippen molar-refractivity contribution >= 4 is 11.6 Å². The molecule has 1 saturated carbocycles. The first kappa shape index (κ1) is 11.8. The van der Waals surface area contributed by atoms with E-state index in [0.29, 0.717) is 24.6 Å². The van der Waals surface area contributed by atoms with Crippen LogP contribution in [0.4, 0.5) is 8.78 Å². The fourth-order valence-electron chi connectivity index (χ4n) is 1.86. The first-order chi connectivity index (χ1) is 7.48. The number of aromatic nitrogens is 2. The SMILES string of the molecule is CC(Cl)c1nnc(C2CCC(F)(F)CC2)o1. The van der Waals surface area contributed by atoms with Crippen LogP contribution in [0.25, 0.3) is 0 Å². The van der Waals surface area contributed by atoms with E-state index in [0.717, 1.165) is 0 Å². The van der Waals surface area contributed by atoms with Gasteiger partial charge in [0, 0.05) is 18.8 Å². The van der Waals surface area contributed by atoms with Gasteiger partial charge in [-0.1, -0.05) is 0 Å². The molecule has 1 aromatic rings. The van der Waals surface area contributed by atoms with Gasteiger partial charge < -0.3 is 4.42 Å². The van der Waals surface area contributed by atoms with E-state index in [1.807, 2.05) is 0 Å². The quantitative estimate of drug-likeness (QED) is 0.752. The van der Waals surface area contributed by atoms with Crippen LogP contribution in [0, 0.1) is 0 Å². The van der Waals surface area contributed by atoms with E-state index in [2.05, 4.69) is 10.2 Å². The van der Waals surface area contributed by atoms with E-state index in [9.17, 15) is 8.78 Å². The highest BCUT2D eigenvalue weighted by atomic mass is 35.5. The Kier molecular flexibility index (Phi) is 3.15. The largest absolute Gasteiger partial charge is 0.423 e. The molecule has 0 radical (unpaired) electrons. The van der Waals surface area contributed by atoms with Crippen LogP contribution < -0.4 is 0 Å². The maximum atomic E-state index is 12.9.